The lowest BCUT2D eigenvalue weighted by atomic mass is 10.2. The largest absolute Gasteiger partial charge is 0.477 e. The molecule has 0 saturated heterocycles. The Kier molecular flexibility index (Phi) is 5.64. The molecule has 1 atom stereocenters. The molecule has 0 radical (unpaired) electrons. The summed E-state index contributed by atoms with van der Waals surface area (Å²) in [7, 11) is 0. The minimum Gasteiger partial charge on any atom is -0.477 e. The van der Waals surface area contributed by atoms with Gasteiger partial charge in [-0.15, -0.1) is 0 Å². The summed E-state index contributed by atoms with van der Waals surface area (Å²) >= 11 is 0. The van der Waals surface area contributed by atoms with Gasteiger partial charge in [0.2, 0.25) is 0 Å². The molecule has 108 valence electrons. The van der Waals surface area contributed by atoms with E-state index in [-0.39, 0.29) is 35.6 Å². The van der Waals surface area contributed by atoms with Crippen LogP contribution < -0.4 is 10.1 Å². The predicted octanol–water partition coefficient (Wildman–Crippen LogP) is 1.70. The van der Waals surface area contributed by atoms with Crippen LogP contribution in [0.4, 0.5) is 5.69 Å². The van der Waals surface area contributed by atoms with Crippen LogP contribution in [0.15, 0.2) is 18.2 Å². The van der Waals surface area contributed by atoms with Crippen molar-refractivity contribution < 1.29 is 19.2 Å². The van der Waals surface area contributed by atoms with Crippen LogP contribution in [0.3, 0.4) is 0 Å². The van der Waals surface area contributed by atoms with E-state index in [4.69, 9.17) is 4.74 Å². The van der Waals surface area contributed by atoms with Crippen molar-refractivity contribution in [3.8, 4) is 5.75 Å². The maximum absolute atomic E-state index is 11.5. The van der Waals surface area contributed by atoms with E-state index < -0.39 is 4.92 Å². The number of nitrogens with zero attached hydrogens (tertiary/aromatic N) is 1. The van der Waals surface area contributed by atoms with Gasteiger partial charge in [0.15, 0.2) is 12.4 Å². The molecule has 0 unspecified atom stereocenters. The molecule has 7 nitrogen and oxygen atoms in total. The first-order valence-electron chi connectivity index (χ1n) is 6.13. The van der Waals surface area contributed by atoms with Crippen LogP contribution in [0, 0.1) is 10.1 Å². The van der Waals surface area contributed by atoms with Crippen molar-refractivity contribution >= 4 is 17.9 Å². The number of ether oxygens (including phenoxy) is 1. The number of nitro groups is 1. The maximum Gasteiger partial charge on any atom is 0.311 e. The number of amides is 1. The highest BCUT2D eigenvalue weighted by molar-refractivity contribution is 5.79. The van der Waals surface area contributed by atoms with Gasteiger partial charge < -0.3 is 10.1 Å². The monoisotopic (exact) mass is 280 g/mol. The van der Waals surface area contributed by atoms with Crippen molar-refractivity contribution in [1.29, 1.82) is 0 Å². The zero-order valence-corrected chi connectivity index (χ0v) is 11.3. The molecule has 1 aromatic carbocycles. The summed E-state index contributed by atoms with van der Waals surface area (Å²) in [6.45, 7) is 3.46. The minimum atomic E-state index is -0.658. The second-order valence-electron chi connectivity index (χ2n) is 4.27. The van der Waals surface area contributed by atoms with Gasteiger partial charge in [0, 0.05) is 17.7 Å². The molecule has 0 heterocycles. The summed E-state index contributed by atoms with van der Waals surface area (Å²) in [5.41, 5.74) is -0.168. The number of nitrogens with one attached hydrogen (secondary N) is 1. The van der Waals surface area contributed by atoms with Crippen LogP contribution in [0.25, 0.3) is 0 Å². The number of hydrogen-bond donors (Lipinski definition) is 1. The summed E-state index contributed by atoms with van der Waals surface area (Å²) < 4.78 is 5.14. The molecule has 1 rings (SSSR count). The van der Waals surface area contributed by atoms with Crippen LogP contribution in [-0.4, -0.2) is 29.8 Å². The first kappa shape index (κ1) is 15.6. The van der Waals surface area contributed by atoms with Crippen molar-refractivity contribution in [2.45, 2.75) is 26.3 Å². The summed E-state index contributed by atoms with van der Waals surface area (Å²) in [6, 6.07) is 3.81. The second kappa shape index (κ2) is 7.22. The smallest absolute Gasteiger partial charge is 0.311 e. The van der Waals surface area contributed by atoms with E-state index in [2.05, 4.69) is 5.32 Å². The first-order valence-corrected chi connectivity index (χ1v) is 6.13. The predicted molar refractivity (Wildman–Crippen MR) is 71.9 cm³/mol. The quantitative estimate of drug-likeness (QED) is 0.465. The van der Waals surface area contributed by atoms with E-state index >= 15 is 0 Å². The van der Waals surface area contributed by atoms with Crippen molar-refractivity contribution in [2.75, 3.05) is 6.61 Å². The Labute approximate surface area is 116 Å². The Hall–Kier alpha value is -2.44. The summed E-state index contributed by atoms with van der Waals surface area (Å²) in [5.74, 6) is -0.395. The Balaban J connectivity index is 2.75. The van der Waals surface area contributed by atoms with E-state index in [1.807, 2.05) is 13.8 Å². The SMILES string of the molecule is CC[C@H](C)NC(=O)COc1ccc(C=O)cc1[N+](=O)[O-]. The maximum atomic E-state index is 11.5. The number of rotatable bonds is 7. The number of carbonyl (C=O) groups is 2. The van der Waals surface area contributed by atoms with Crippen molar-refractivity contribution in [3.63, 3.8) is 0 Å². The van der Waals surface area contributed by atoms with Gasteiger partial charge >= 0.3 is 5.69 Å². The topological polar surface area (TPSA) is 98.5 Å². The third-order valence-corrected chi connectivity index (χ3v) is 2.69. The fourth-order valence-corrected chi connectivity index (χ4v) is 1.43. The van der Waals surface area contributed by atoms with Gasteiger partial charge in [-0.1, -0.05) is 6.92 Å². The van der Waals surface area contributed by atoms with Gasteiger partial charge in [0.25, 0.3) is 5.91 Å². The average Bonchev–Trinajstić information content (AvgIpc) is 2.44. The molecule has 0 spiro atoms. The molecule has 0 fully saturated rings. The molecule has 0 aliphatic heterocycles. The minimum absolute atomic E-state index is 0.0125. The number of benzene rings is 1. The van der Waals surface area contributed by atoms with Crippen molar-refractivity contribution in [3.05, 3.63) is 33.9 Å². The zero-order chi connectivity index (χ0) is 15.1. The normalized spacial score (nSPS) is 11.5. The highest BCUT2D eigenvalue weighted by Crippen LogP contribution is 2.27. The molecule has 1 aromatic rings. The highest BCUT2D eigenvalue weighted by atomic mass is 16.6. The second-order valence-corrected chi connectivity index (χ2v) is 4.27. The van der Waals surface area contributed by atoms with Crippen molar-refractivity contribution in [2.24, 2.45) is 0 Å². The first-order chi connectivity index (χ1) is 9.47. The lowest BCUT2D eigenvalue weighted by molar-refractivity contribution is -0.385. The Bertz CT molecular complexity index is 515. The Morgan fingerprint density at radius 1 is 1.55 bits per heavy atom. The molecular weight excluding hydrogens is 264 g/mol. The lowest BCUT2D eigenvalue weighted by Gasteiger charge is -2.12. The summed E-state index contributed by atoms with van der Waals surface area (Å²) in [5, 5.41) is 13.5. The van der Waals surface area contributed by atoms with Gasteiger partial charge in [0.1, 0.15) is 6.29 Å². The van der Waals surface area contributed by atoms with E-state index in [0.717, 1.165) is 12.5 Å². The zero-order valence-electron chi connectivity index (χ0n) is 11.3. The van der Waals surface area contributed by atoms with Crippen LogP contribution in [-0.2, 0) is 4.79 Å². The molecule has 0 saturated carbocycles. The van der Waals surface area contributed by atoms with Gasteiger partial charge in [-0.25, -0.2) is 0 Å². The molecule has 0 aromatic heterocycles. The standard InChI is InChI=1S/C13H16N2O5/c1-3-9(2)14-13(17)8-20-12-5-4-10(7-16)6-11(12)15(18)19/h4-7,9H,3,8H2,1-2H3,(H,14,17)/t9-/m0/s1. The molecule has 1 amide bonds. The number of nitro benzene ring substituents is 1. The van der Waals surface area contributed by atoms with Gasteiger partial charge in [-0.05, 0) is 25.5 Å². The van der Waals surface area contributed by atoms with E-state index in [0.29, 0.717) is 6.29 Å². The molecule has 0 aliphatic rings. The molecule has 0 aliphatic carbocycles. The Morgan fingerprint density at radius 2 is 2.25 bits per heavy atom. The fourth-order valence-electron chi connectivity index (χ4n) is 1.43. The fraction of sp³-hybridized carbons (Fsp3) is 0.385. The molecule has 1 N–H and O–H groups in total. The molecule has 0 bridgehead atoms. The highest BCUT2D eigenvalue weighted by Gasteiger charge is 2.17. The van der Waals surface area contributed by atoms with E-state index in [1.54, 1.807) is 0 Å². The van der Waals surface area contributed by atoms with Gasteiger partial charge in [-0.3, -0.25) is 19.7 Å². The number of hydrogen-bond acceptors (Lipinski definition) is 5. The number of carbonyl (C=O) groups excluding carboxylic acids is 2. The third kappa shape index (κ3) is 4.34. The summed E-state index contributed by atoms with van der Waals surface area (Å²) in [6.07, 6.45) is 1.28. The number of aldehydes is 1. The molecular formula is C13H16N2O5. The Morgan fingerprint density at radius 3 is 2.80 bits per heavy atom. The van der Waals surface area contributed by atoms with Crippen LogP contribution in [0.2, 0.25) is 0 Å². The lowest BCUT2D eigenvalue weighted by Crippen LogP contribution is -2.35. The van der Waals surface area contributed by atoms with E-state index in [9.17, 15) is 19.7 Å². The van der Waals surface area contributed by atoms with Crippen LogP contribution >= 0.6 is 0 Å². The van der Waals surface area contributed by atoms with Crippen LogP contribution in [0.1, 0.15) is 30.6 Å². The molecule has 7 heteroatoms. The van der Waals surface area contributed by atoms with Crippen LogP contribution in [0.5, 0.6) is 5.75 Å². The molecule has 20 heavy (non-hydrogen) atoms. The van der Waals surface area contributed by atoms with E-state index in [1.165, 1.54) is 12.1 Å². The summed E-state index contributed by atoms with van der Waals surface area (Å²) in [4.78, 5) is 32.3. The van der Waals surface area contributed by atoms with Crippen molar-refractivity contribution in [1.82, 2.24) is 5.32 Å². The van der Waals surface area contributed by atoms with Gasteiger partial charge in [0.05, 0.1) is 4.92 Å². The third-order valence-electron chi connectivity index (χ3n) is 2.69. The van der Waals surface area contributed by atoms with Gasteiger partial charge in [-0.2, -0.15) is 0 Å². The average molecular weight is 280 g/mol.